The number of ether oxygens (including phenoxy) is 1. The maximum absolute atomic E-state index is 12.6. The molecule has 2 saturated heterocycles. The van der Waals surface area contributed by atoms with Gasteiger partial charge in [-0.3, -0.25) is 9.69 Å². The van der Waals surface area contributed by atoms with E-state index in [1.807, 2.05) is 22.4 Å². The number of hydrogen-bond donors (Lipinski definition) is 0. The van der Waals surface area contributed by atoms with E-state index in [-0.39, 0.29) is 5.91 Å². The maximum atomic E-state index is 12.6. The summed E-state index contributed by atoms with van der Waals surface area (Å²) >= 11 is 1.58. The van der Waals surface area contributed by atoms with Crippen LogP contribution in [0.4, 0.5) is 0 Å². The number of rotatable bonds is 3. The highest BCUT2D eigenvalue weighted by molar-refractivity contribution is 7.13. The molecule has 128 valence electrons. The van der Waals surface area contributed by atoms with Crippen LogP contribution >= 0.6 is 11.3 Å². The van der Waals surface area contributed by atoms with Gasteiger partial charge in [0, 0.05) is 38.3 Å². The van der Waals surface area contributed by atoms with Crippen molar-refractivity contribution in [2.24, 2.45) is 0 Å². The van der Waals surface area contributed by atoms with E-state index in [4.69, 9.17) is 9.26 Å². The molecule has 0 aliphatic carbocycles. The number of amides is 1. The molecule has 6 nitrogen and oxygen atoms in total. The predicted molar refractivity (Wildman–Crippen MR) is 91.1 cm³/mol. The molecule has 24 heavy (non-hydrogen) atoms. The first-order valence-corrected chi connectivity index (χ1v) is 9.31. The third-order valence-corrected chi connectivity index (χ3v) is 5.69. The molecule has 0 saturated carbocycles. The largest absolute Gasteiger partial charge is 0.379 e. The van der Waals surface area contributed by atoms with E-state index in [0.29, 0.717) is 17.5 Å². The number of piperidine rings is 1. The maximum Gasteiger partial charge on any atom is 0.276 e. The van der Waals surface area contributed by atoms with E-state index < -0.39 is 0 Å². The van der Waals surface area contributed by atoms with Gasteiger partial charge in [-0.2, -0.15) is 0 Å². The van der Waals surface area contributed by atoms with E-state index in [0.717, 1.165) is 57.1 Å². The lowest BCUT2D eigenvalue weighted by Crippen LogP contribution is -2.50. The standard InChI is InChI=1S/C17H21N3O3S/c21-17(14-12-15(23-18-14)16-2-1-11-24-16)20-5-3-13(4-6-20)19-7-9-22-10-8-19/h1-2,11-13H,3-10H2. The van der Waals surface area contributed by atoms with Gasteiger partial charge in [0.2, 0.25) is 0 Å². The number of carbonyl (C=O) groups excluding carboxylic acids is 1. The molecule has 4 rings (SSSR count). The summed E-state index contributed by atoms with van der Waals surface area (Å²) in [5, 5.41) is 5.95. The zero-order valence-corrected chi connectivity index (χ0v) is 14.3. The Kier molecular flexibility index (Phi) is 4.64. The minimum atomic E-state index is -0.0259. The summed E-state index contributed by atoms with van der Waals surface area (Å²) in [4.78, 5) is 18.0. The third kappa shape index (κ3) is 3.24. The van der Waals surface area contributed by atoms with Crippen LogP contribution in [-0.4, -0.2) is 66.3 Å². The lowest BCUT2D eigenvalue weighted by Gasteiger charge is -2.39. The second-order valence-electron chi connectivity index (χ2n) is 6.23. The van der Waals surface area contributed by atoms with Crippen molar-refractivity contribution in [1.29, 1.82) is 0 Å². The molecule has 2 aromatic heterocycles. The van der Waals surface area contributed by atoms with Gasteiger partial charge < -0.3 is 14.2 Å². The minimum Gasteiger partial charge on any atom is -0.379 e. The first-order chi connectivity index (χ1) is 11.8. The number of nitrogens with zero attached hydrogens (tertiary/aromatic N) is 3. The van der Waals surface area contributed by atoms with E-state index in [2.05, 4.69) is 10.1 Å². The van der Waals surface area contributed by atoms with Crippen LogP contribution in [-0.2, 0) is 4.74 Å². The molecule has 0 bridgehead atoms. The second kappa shape index (κ2) is 7.04. The van der Waals surface area contributed by atoms with E-state index in [9.17, 15) is 4.79 Å². The van der Waals surface area contributed by atoms with Crippen LogP contribution in [0.25, 0.3) is 10.6 Å². The fraction of sp³-hybridized carbons (Fsp3) is 0.529. The van der Waals surface area contributed by atoms with Crippen molar-refractivity contribution in [3.63, 3.8) is 0 Å². The molecule has 0 unspecified atom stereocenters. The van der Waals surface area contributed by atoms with Crippen LogP contribution in [0, 0.1) is 0 Å². The Hall–Kier alpha value is -1.70. The van der Waals surface area contributed by atoms with Crippen LogP contribution in [0.5, 0.6) is 0 Å². The molecule has 2 aliphatic heterocycles. The number of aromatic nitrogens is 1. The van der Waals surface area contributed by atoms with Crippen molar-refractivity contribution in [2.75, 3.05) is 39.4 Å². The first-order valence-electron chi connectivity index (χ1n) is 8.43. The summed E-state index contributed by atoms with van der Waals surface area (Å²) < 4.78 is 10.7. The molecular formula is C17H21N3O3S. The van der Waals surface area contributed by atoms with Crippen molar-refractivity contribution in [3.8, 4) is 10.6 Å². The Bertz CT molecular complexity index is 671. The molecule has 2 fully saturated rings. The smallest absolute Gasteiger partial charge is 0.276 e. The zero-order valence-electron chi connectivity index (χ0n) is 13.5. The molecule has 2 aliphatic rings. The first kappa shape index (κ1) is 15.8. The van der Waals surface area contributed by atoms with Gasteiger partial charge in [-0.25, -0.2) is 0 Å². The summed E-state index contributed by atoms with van der Waals surface area (Å²) in [6, 6.07) is 6.24. The van der Waals surface area contributed by atoms with Crippen LogP contribution in [0.1, 0.15) is 23.3 Å². The highest BCUT2D eigenvalue weighted by atomic mass is 32.1. The normalized spacial score (nSPS) is 20.4. The van der Waals surface area contributed by atoms with Crippen molar-refractivity contribution >= 4 is 17.2 Å². The Morgan fingerprint density at radius 3 is 2.71 bits per heavy atom. The monoisotopic (exact) mass is 347 g/mol. The Balaban J connectivity index is 1.36. The summed E-state index contributed by atoms with van der Waals surface area (Å²) in [6.07, 6.45) is 2.03. The van der Waals surface area contributed by atoms with E-state index in [1.165, 1.54) is 0 Å². The highest BCUT2D eigenvalue weighted by Gasteiger charge is 2.29. The molecule has 0 atom stereocenters. The Morgan fingerprint density at radius 1 is 1.21 bits per heavy atom. The van der Waals surface area contributed by atoms with Gasteiger partial charge in [-0.15, -0.1) is 11.3 Å². The van der Waals surface area contributed by atoms with Crippen LogP contribution in [0.2, 0.25) is 0 Å². The molecule has 1 amide bonds. The molecule has 7 heteroatoms. The zero-order chi connectivity index (χ0) is 16.4. The van der Waals surface area contributed by atoms with Crippen LogP contribution in [0.3, 0.4) is 0 Å². The molecule has 0 aromatic carbocycles. The van der Waals surface area contributed by atoms with Crippen LogP contribution < -0.4 is 0 Å². The van der Waals surface area contributed by atoms with Gasteiger partial charge in [0.05, 0.1) is 18.1 Å². The predicted octanol–water partition coefficient (Wildman–Crippen LogP) is 2.34. The summed E-state index contributed by atoms with van der Waals surface area (Å²) in [5.41, 5.74) is 0.406. The fourth-order valence-electron chi connectivity index (χ4n) is 3.45. The fourth-order valence-corrected chi connectivity index (χ4v) is 4.12. The molecular weight excluding hydrogens is 326 g/mol. The lowest BCUT2D eigenvalue weighted by molar-refractivity contribution is 0.00149. The number of hydrogen-bond acceptors (Lipinski definition) is 6. The molecule has 2 aromatic rings. The number of likely N-dealkylation sites (tertiary alicyclic amines) is 1. The lowest BCUT2D eigenvalue weighted by atomic mass is 10.0. The van der Waals surface area contributed by atoms with Crippen LogP contribution in [0.15, 0.2) is 28.1 Å². The van der Waals surface area contributed by atoms with E-state index >= 15 is 0 Å². The van der Waals surface area contributed by atoms with Gasteiger partial charge in [-0.1, -0.05) is 11.2 Å². The van der Waals surface area contributed by atoms with Gasteiger partial charge in [-0.05, 0) is 24.3 Å². The SMILES string of the molecule is O=C(c1cc(-c2cccs2)on1)N1CCC(N2CCOCC2)CC1. The molecule has 0 N–H and O–H groups in total. The number of morpholine rings is 1. The molecule has 0 spiro atoms. The average Bonchev–Trinajstić information content (AvgIpc) is 3.33. The molecule has 4 heterocycles. The van der Waals surface area contributed by atoms with Gasteiger partial charge in [0.25, 0.3) is 5.91 Å². The van der Waals surface area contributed by atoms with Crippen molar-refractivity contribution in [3.05, 3.63) is 29.3 Å². The Labute approximate surface area is 145 Å². The molecule has 0 radical (unpaired) electrons. The third-order valence-electron chi connectivity index (χ3n) is 4.81. The summed E-state index contributed by atoms with van der Waals surface area (Å²) in [6.45, 7) is 5.22. The summed E-state index contributed by atoms with van der Waals surface area (Å²) in [7, 11) is 0. The highest BCUT2D eigenvalue weighted by Crippen LogP contribution is 2.26. The van der Waals surface area contributed by atoms with Crippen molar-refractivity contribution < 1.29 is 14.1 Å². The van der Waals surface area contributed by atoms with Gasteiger partial charge >= 0.3 is 0 Å². The minimum absolute atomic E-state index is 0.0259. The van der Waals surface area contributed by atoms with Crippen molar-refractivity contribution in [2.45, 2.75) is 18.9 Å². The van der Waals surface area contributed by atoms with Gasteiger partial charge in [0.15, 0.2) is 11.5 Å². The Morgan fingerprint density at radius 2 is 2.00 bits per heavy atom. The van der Waals surface area contributed by atoms with Crippen molar-refractivity contribution in [1.82, 2.24) is 15.0 Å². The van der Waals surface area contributed by atoms with E-state index in [1.54, 1.807) is 17.4 Å². The van der Waals surface area contributed by atoms with Gasteiger partial charge in [0.1, 0.15) is 0 Å². The number of thiophene rings is 1. The summed E-state index contributed by atoms with van der Waals surface area (Å²) in [5.74, 6) is 0.638. The quantitative estimate of drug-likeness (QED) is 0.853. The topological polar surface area (TPSA) is 58.8 Å². The average molecular weight is 347 g/mol. The number of carbonyl (C=O) groups is 1. The second-order valence-corrected chi connectivity index (χ2v) is 7.17.